The number of amides is 2. The molecular weight excluding hydrogens is 312 g/mol. The summed E-state index contributed by atoms with van der Waals surface area (Å²) < 4.78 is 28.9. The summed E-state index contributed by atoms with van der Waals surface area (Å²) in [5.74, 6) is -2.00. The number of hydrogen-bond acceptors (Lipinski definition) is 3. The summed E-state index contributed by atoms with van der Waals surface area (Å²) in [6.07, 6.45) is 0. The van der Waals surface area contributed by atoms with Crippen LogP contribution < -0.4 is 10.1 Å². The minimum absolute atomic E-state index is 0.105. The molecule has 0 bridgehead atoms. The van der Waals surface area contributed by atoms with Gasteiger partial charge in [0, 0.05) is 5.56 Å². The molecule has 0 saturated carbocycles. The fraction of sp³-hybridized carbons (Fsp3) is 0.273. The van der Waals surface area contributed by atoms with Gasteiger partial charge in [0.15, 0.2) is 0 Å². The Balaban J connectivity index is 2.38. The first-order chi connectivity index (χ1) is 8.50. The van der Waals surface area contributed by atoms with Crippen LogP contribution in [0, 0.1) is 0 Å². The average Bonchev–Trinajstić information content (AvgIpc) is 2.54. The molecule has 1 fully saturated rings. The monoisotopic (exact) mass is 319 g/mol. The van der Waals surface area contributed by atoms with Crippen LogP contribution in [-0.4, -0.2) is 23.3 Å². The van der Waals surface area contributed by atoms with Gasteiger partial charge in [-0.25, -0.2) is 0 Å². The first-order valence-corrected chi connectivity index (χ1v) is 5.95. The van der Waals surface area contributed by atoms with E-state index >= 15 is 0 Å². The van der Waals surface area contributed by atoms with E-state index in [0.29, 0.717) is 0 Å². The molecule has 1 N–H and O–H groups in total. The molecular formula is C11H8BrF2NO3. The second-order valence-electron chi connectivity index (χ2n) is 3.65. The second kappa shape index (κ2) is 5.01. The first-order valence-electron chi connectivity index (χ1n) is 5.03. The Morgan fingerprint density at radius 2 is 1.89 bits per heavy atom. The van der Waals surface area contributed by atoms with Gasteiger partial charge in [0.2, 0.25) is 11.8 Å². The van der Waals surface area contributed by atoms with Crippen LogP contribution >= 0.6 is 15.9 Å². The number of nitrogens with one attached hydrogen (secondary N) is 1. The Bertz CT molecular complexity index is 495. The van der Waals surface area contributed by atoms with Crippen LogP contribution in [-0.2, 0) is 9.59 Å². The van der Waals surface area contributed by atoms with Crippen LogP contribution in [0.25, 0.3) is 0 Å². The topological polar surface area (TPSA) is 55.4 Å². The molecule has 2 unspecified atom stereocenters. The highest BCUT2D eigenvalue weighted by Gasteiger charge is 2.42. The quantitative estimate of drug-likeness (QED) is 0.682. The average molecular weight is 320 g/mol. The Hall–Kier alpha value is -1.50. The molecule has 0 aromatic heterocycles. The molecule has 0 radical (unpaired) electrons. The summed E-state index contributed by atoms with van der Waals surface area (Å²) in [6, 6.07) is 5.91. The summed E-state index contributed by atoms with van der Waals surface area (Å²) in [7, 11) is 0. The van der Waals surface area contributed by atoms with E-state index in [1.54, 1.807) is 6.07 Å². The van der Waals surface area contributed by atoms with E-state index in [0.717, 1.165) is 0 Å². The van der Waals surface area contributed by atoms with Crippen LogP contribution in [0.4, 0.5) is 8.78 Å². The summed E-state index contributed by atoms with van der Waals surface area (Å²) in [4.78, 5) is 22.2. The van der Waals surface area contributed by atoms with Crippen molar-refractivity contribution in [2.45, 2.75) is 17.4 Å². The van der Waals surface area contributed by atoms with Gasteiger partial charge in [-0.2, -0.15) is 8.78 Å². The van der Waals surface area contributed by atoms with Crippen molar-refractivity contribution in [3.63, 3.8) is 0 Å². The van der Waals surface area contributed by atoms with Gasteiger partial charge in [0.25, 0.3) is 0 Å². The molecule has 1 aliphatic rings. The summed E-state index contributed by atoms with van der Waals surface area (Å²) in [5, 5.41) is 2.13. The smallest absolute Gasteiger partial charge is 0.387 e. The van der Waals surface area contributed by atoms with Crippen molar-refractivity contribution in [1.29, 1.82) is 0 Å². The van der Waals surface area contributed by atoms with Gasteiger partial charge in [0.1, 0.15) is 10.6 Å². The molecule has 1 aromatic carbocycles. The number of halogens is 3. The van der Waals surface area contributed by atoms with Crippen LogP contribution in [0.1, 0.15) is 11.5 Å². The molecule has 2 rings (SSSR count). The van der Waals surface area contributed by atoms with E-state index in [1.165, 1.54) is 18.2 Å². The molecule has 0 aliphatic carbocycles. The Morgan fingerprint density at radius 1 is 1.22 bits per heavy atom. The third kappa shape index (κ3) is 2.35. The van der Waals surface area contributed by atoms with Gasteiger partial charge >= 0.3 is 6.61 Å². The zero-order chi connectivity index (χ0) is 13.3. The van der Waals surface area contributed by atoms with E-state index in [-0.39, 0.29) is 11.3 Å². The Kier molecular flexibility index (Phi) is 3.60. The van der Waals surface area contributed by atoms with Crippen molar-refractivity contribution >= 4 is 27.7 Å². The number of carbonyl (C=O) groups is 2. The van der Waals surface area contributed by atoms with Crippen molar-refractivity contribution in [3.05, 3.63) is 29.8 Å². The van der Waals surface area contributed by atoms with Gasteiger partial charge in [-0.1, -0.05) is 34.1 Å². The molecule has 4 nitrogen and oxygen atoms in total. The lowest BCUT2D eigenvalue weighted by Gasteiger charge is -2.15. The SMILES string of the molecule is O=C1NC(=O)C(c2ccccc2OC(F)F)C1Br. The molecule has 2 atom stereocenters. The Labute approximate surface area is 109 Å². The van der Waals surface area contributed by atoms with E-state index < -0.39 is 29.2 Å². The van der Waals surface area contributed by atoms with Gasteiger partial charge < -0.3 is 4.74 Å². The lowest BCUT2D eigenvalue weighted by atomic mass is 9.96. The third-order valence-corrected chi connectivity index (χ3v) is 3.49. The fourth-order valence-corrected chi connectivity index (χ4v) is 2.43. The van der Waals surface area contributed by atoms with E-state index in [2.05, 4.69) is 26.0 Å². The summed E-state index contributed by atoms with van der Waals surface area (Å²) >= 11 is 3.07. The minimum atomic E-state index is -2.99. The van der Waals surface area contributed by atoms with E-state index in [4.69, 9.17) is 0 Å². The van der Waals surface area contributed by atoms with Gasteiger partial charge in [-0.3, -0.25) is 14.9 Å². The molecule has 1 saturated heterocycles. The van der Waals surface area contributed by atoms with Crippen LogP contribution in [0.2, 0.25) is 0 Å². The summed E-state index contributed by atoms with van der Waals surface area (Å²) in [6.45, 7) is -2.99. The third-order valence-electron chi connectivity index (χ3n) is 2.54. The molecule has 18 heavy (non-hydrogen) atoms. The number of ether oxygens (including phenoxy) is 1. The van der Waals surface area contributed by atoms with Gasteiger partial charge in [-0.15, -0.1) is 0 Å². The van der Waals surface area contributed by atoms with Crippen molar-refractivity contribution in [1.82, 2.24) is 5.32 Å². The standard InChI is InChI=1S/C11H8BrF2NO3/c12-8-7(9(16)15-10(8)17)5-3-1-2-4-6(5)18-11(13)14/h1-4,7-8,11H,(H,15,16,17). The molecule has 1 heterocycles. The maximum atomic E-state index is 12.3. The number of alkyl halides is 3. The van der Waals surface area contributed by atoms with Crippen molar-refractivity contribution in [3.8, 4) is 5.75 Å². The van der Waals surface area contributed by atoms with Crippen LogP contribution in [0.15, 0.2) is 24.3 Å². The zero-order valence-corrected chi connectivity index (χ0v) is 10.5. The second-order valence-corrected chi connectivity index (χ2v) is 4.64. The summed E-state index contributed by atoms with van der Waals surface area (Å²) in [5.41, 5.74) is 0.253. The lowest BCUT2D eigenvalue weighted by molar-refractivity contribution is -0.125. The maximum Gasteiger partial charge on any atom is 0.387 e. The number of para-hydroxylation sites is 1. The highest BCUT2D eigenvalue weighted by molar-refractivity contribution is 9.10. The first kappa shape index (κ1) is 12.9. The molecule has 2 amide bonds. The van der Waals surface area contributed by atoms with Crippen molar-refractivity contribution in [2.24, 2.45) is 0 Å². The predicted molar refractivity (Wildman–Crippen MR) is 61.7 cm³/mol. The lowest BCUT2D eigenvalue weighted by Crippen LogP contribution is -2.22. The van der Waals surface area contributed by atoms with Crippen molar-refractivity contribution in [2.75, 3.05) is 0 Å². The number of carbonyl (C=O) groups excluding carboxylic acids is 2. The van der Waals surface area contributed by atoms with Crippen LogP contribution in [0.5, 0.6) is 5.75 Å². The van der Waals surface area contributed by atoms with Gasteiger partial charge in [0.05, 0.1) is 5.92 Å². The van der Waals surface area contributed by atoms with Gasteiger partial charge in [-0.05, 0) is 6.07 Å². The highest BCUT2D eigenvalue weighted by atomic mass is 79.9. The number of benzene rings is 1. The number of hydrogen-bond donors (Lipinski definition) is 1. The zero-order valence-electron chi connectivity index (χ0n) is 8.90. The molecule has 1 aromatic rings. The highest BCUT2D eigenvalue weighted by Crippen LogP contribution is 2.35. The number of imide groups is 1. The Morgan fingerprint density at radius 3 is 2.44 bits per heavy atom. The van der Waals surface area contributed by atoms with E-state index in [9.17, 15) is 18.4 Å². The molecule has 1 aliphatic heterocycles. The molecule has 0 spiro atoms. The van der Waals surface area contributed by atoms with E-state index in [1.807, 2.05) is 0 Å². The molecule has 96 valence electrons. The predicted octanol–water partition coefficient (Wildman–Crippen LogP) is 1.79. The normalized spacial score (nSPS) is 23.3. The molecule has 7 heteroatoms. The fourth-order valence-electron chi connectivity index (χ4n) is 1.79. The largest absolute Gasteiger partial charge is 0.435 e. The van der Waals surface area contributed by atoms with Crippen molar-refractivity contribution < 1.29 is 23.1 Å². The number of rotatable bonds is 3. The minimum Gasteiger partial charge on any atom is -0.435 e. The maximum absolute atomic E-state index is 12.3. The van der Waals surface area contributed by atoms with Crippen LogP contribution in [0.3, 0.4) is 0 Å².